The molecule has 0 atom stereocenters. The minimum Gasteiger partial charge on any atom is -0.458 e. The van der Waals surface area contributed by atoms with Crippen LogP contribution in [0.15, 0.2) is 42.5 Å². The van der Waals surface area contributed by atoms with Crippen LogP contribution in [0.4, 0.5) is 5.82 Å². The van der Waals surface area contributed by atoms with Gasteiger partial charge in [-0.15, -0.1) is 0 Å². The van der Waals surface area contributed by atoms with Gasteiger partial charge in [0.15, 0.2) is 0 Å². The van der Waals surface area contributed by atoms with Gasteiger partial charge in [-0.25, -0.2) is 14.2 Å². The number of nitrogens with zero attached hydrogens (tertiary/aromatic N) is 7. The summed E-state index contributed by atoms with van der Waals surface area (Å²) in [5.74, 6) is 0.607. The third-order valence-corrected chi connectivity index (χ3v) is 4.03. The predicted molar refractivity (Wildman–Crippen MR) is 103 cm³/mol. The molecule has 0 aliphatic carbocycles. The molecule has 11 heteroatoms. The number of pyridine rings is 1. The molecule has 0 spiro atoms. The predicted octanol–water partition coefficient (Wildman–Crippen LogP) is 1.11. The minimum atomic E-state index is -0.283. The Hall–Kier alpha value is -3.86. The monoisotopic (exact) mass is 394 g/mol. The minimum absolute atomic E-state index is 0.0435. The molecule has 29 heavy (non-hydrogen) atoms. The quantitative estimate of drug-likeness (QED) is 0.495. The first-order valence-corrected chi connectivity index (χ1v) is 8.73. The normalized spacial score (nSPS) is 11.0. The van der Waals surface area contributed by atoms with Crippen LogP contribution >= 0.6 is 0 Å². The van der Waals surface area contributed by atoms with Gasteiger partial charge < -0.3 is 14.8 Å². The fourth-order valence-corrected chi connectivity index (χ4v) is 2.79. The summed E-state index contributed by atoms with van der Waals surface area (Å²) in [5.41, 5.74) is 2.18. The average Bonchev–Trinajstić information content (AvgIpc) is 3.29. The molecule has 3 aromatic heterocycles. The number of nitrogens with one attached hydrogen (secondary N) is 1. The first-order chi connectivity index (χ1) is 14.2. The number of aromatic nitrogens is 7. The van der Waals surface area contributed by atoms with Crippen LogP contribution in [0, 0.1) is 0 Å². The molecule has 11 nitrogen and oxygen atoms in total. The number of imidazole rings is 1. The number of hydrogen-bond acceptors (Lipinski definition) is 8. The number of carbonyl (C=O) groups excluding carboxylic acids is 1. The van der Waals surface area contributed by atoms with Crippen molar-refractivity contribution in [2.45, 2.75) is 6.61 Å². The number of methoxy groups -OCH3 is 1. The Morgan fingerprint density at radius 3 is 2.79 bits per heavy atom. The van der Waals surface area contributed by atoms with Crippen molar-refractivity contribution in [2.75, 3.05) is 19.0 Å². The van der Waals surface area contributed by atoms with E-state index in [9.17, 15) is 4.79 Å². The summed E-state index contributed by atoms with van der Waals surface area (Å²) in [5, 5.41) is 14.3. The number of benzene rings is 1. The van der Waals surface area contributed by atoms with E-state index >= 15 is 0 Å². The van der Waals surface area contributed by atoms with Gasteiger partial charge in [0.1, 0.15) is 19.0 Å². The molecule has 0 aliphatic heterocycles. The number of ether oxygens (including phenoxy) is 2. The van der Waals surface area contributed by atoms with Gasteiger partial charge in [0, 0.05) is 14.2 Å². The van der Waals surface area contributed by atoms with Gasteiger partial charge in [-0.2, -0.15) is 4.98 Å². The van der Waals surface area contributed by atoms with E-state index in [0.717, 1.165) is 11.0 Å². The Morgan fingerprint density at radius 1 is 1.14 bits per heavy atom. The van der Waals surface area contributed by atoms with Gasteiger partial charge >= 0.3 is 6.01 Å². The number of hydrogen-bond donors (Lipinski definition) is 1. The van der Waals surface area contributed by atoms with E-state index < -0.39 is 0 Å². The highest BCUT2D eigenvalue weighted by molar-refractivity contribution is 5.90. The van der Waals surface area contributed by atoms with Crippen molar-refractivity contribution >= 4 is 22.8 Å². The lowest BCUT2D eigenvalue weighted by Gasteiger charge is -2.09. The number of anilines is 1. The van der Waals surface area contributed by atoms with Crippen LogP contribution in [0.2, 0.25) is 0 Å². The molecule has 0 bridgehead atoms. The van der Waals surface area contributed by atoms with Gasteiger partial charge in [0.2, 0.25) is 0 Å². The van der Waals surface area contributed by atoms with E-state index in [2.05, 4.69) is 30.8 Å². The van der Waals surface area contributed by atoms with Crippen LogP contribution < -0.4 is 10.1 Å². The summed E-state index contributed by atoms with van der Waals surface area (Å²) in [6, 6.07) is 13.2. The van der Waals surface area contributed by atoms with Crippen LogP contribution in [0.3, 0.4) is 0 Å². The number of tetrazole rings is 1. The molecule has 4 aromatic rings. The van der Waals surface area contributed by atoms with Crippen molar-refractivity contribution in [1.82, 2.24) is 34.7 Å². The Kier molecular flexibility index (Phi) is 5.12. The Balaban J connectivity index is 1.59. The van der Waals surface area contributed by atoms with Crippen molar-refractivity contribution in [3.63, 3.8) is 0 Å². The van der Waals surface area contributed by atoms with Gasteiger partial charge in [0.05, 0.1) is 16.7 Å². The maximum Gasteiger partial charge on any atom is 0.305 e. The third kappa shape index (κ3) is 3.89. The Morgan fingerprint density at radius 2 is 2.00 bits per heavy atom. The largest absolute Gasteiger partial charge is 0.458 e. The molecule has 148 valence electrons. The first-order valence-electron chi connectivity index (χ1n) is 8.73. The molecule has 0 radical (unpaired) electrons. The van der Waals surface area contributed by atoms with E-state index in [1.165, 1.54) is 11.8 Å². The molecule has 4 rings (SSSR count). The third-order valence-electron chi connectivity index (χ3n) is 4.03. The van der Waals surface area contributed by atoms with Crippen molar-refractivity contribution in [3.8, 4) is 12.0 Å². The average molecular weight is 394 g/mol. The summed E-state index contributed by atoms with van der Waals surface area (Å²) in [6.07, 6.45) is 0. The standard InChI is InChI=1S/C18H18N8O3/c1-25-17(22-23-24-25)26-14-8-4-3-7-13(14)20-18(26)29-10-12-6-5-9-15(19-12)21-16(27)11-28-2/h3-9H,10-11H2,1-2H3,(H,19,21,27). The van der Waals surface area contributed by atoms with Gasteiger partial charge in [0.25, 0.3) is 11.9 Å². The summed E-state index contributed by atoms with van der Waals surface area (Å²) in [4.78, 5) is 20.6. The summed E-state index contributed by atoms with van der Waals surface area (Å²) >= 11 is 0. The molecule has 1 aromatic carbocycles. The maximum atomic E-state index is 11.7. The van der Waals surface area contributed by atoms with E-state index in [4.69, 9.17) is 9.47 Å². The van der Waals surface area contributed by atoms with Crippen LogP contribution in [-0.2, 0) is 23.2 Å². The fraction of sp³-hybridized carbons (Fsp3) is 0.222. The number of amides is 1. The SMILES string of the molecule is COCC(=O)Nc1cccc(COc2nc3ccccc3n2-c2nnnn2C)n1. The molecule has 3 heterocycles. The summed E-state index contributed by atoms with van der Waals surface area (Å²) in [7, 11) is 3.19. The molecule has 0 saturated carbocycles. The molecule has 0 fully saturated rings. The summed E-state index contributed by atoms with van der Waals surface area (Å²) in [6.45, 7) is 0.0980. The zero-order valence-electron chi connectivity index (χ0n) is 15.8. The molecule has 0 unspecified atom stereocenters. The second-order valence-corrected chi connectivity index (χ2v) is 6.11. The molecular weight excluding hydrogens is 376 g/mol. The van der Waals surface area contributed by atoms with Crippen molar-refractivity contribution in [1.29, 1.82) is 0 Å². The smallest absolute Gasteiger partial charge is 0.305 e. The van der Waals surface area contributed by atoms with Crippen molar-refractivity contribution in [2.24, 2.45) is 7.05 Å². The highest BCUT2D eigenvalue weighted by Crippen LogP contribution is 2.25. The van der Waals surface area contributed by atoms with E-state index in [1.807, 2.05) is 24.3 Å². The van der Waals surface area contributed by atoms with Crippen LogP contribution in [0.25, 0.3) is 17.0 Å². The maximum absolute atomic E-state index is 11.7. The lowest BCUT2D eigenvalue weighted by Crippen LogP contribution is -2.18. The first kappa shape index (κ1) is 18.5. The molecule has 1 N–H and O–H groups in total. The molecule has 0 saturated heterocycles. The van der Waals surface area contributed by atoms with E-state index in [1.54, 1.807) is 29.8 Å². The highest BCUT2D eigenvalue weighted by atomic mass is 16.5. The van der Waals surface area contributed by atoms with Crippen LogP contribution in [0.5, 0.6) is 6.01 Å². The van der Waals surface area contributed by atoms with Gasteiger partial charge in [-0.3, -0.25) is 4.79 Å². The second kappa shape index (κ2) is 8.02. The zero-order chi connectivity index (χ0) is 20.2. The molecule has 1 amide bonds. The number of fused-ring (bicyclic) bond motifs is 1. The number of aryl methyl sites for hydroxylation is 1. The van der Waals surface area contributed by atoms with E-state index in [-0.39, 0.29) is 19.1 Å². The van der Waals surface area contributed by atoms with Crippen molar-refractivity contribution < 1.29 is 14.3 Å². The molecular formula is C18H18N8O3. The fourth-order valence-electron chi connectivity index (χ4n) is 2.79. The van der Waals surface area contributed by atoms with Crippen LogP contribution in [-0.4, -0.2) is 54.4 Å². The Labute approximate surface area is 165 Å². The summed E-state index contributed by atoms with van der Waals surface area (Å²) < 4.78 is 14.0. The van der Waals surface area contributed by atoms with Gasteiger partial charge in [-0.1, -0.05) is 23.3 Å². The second-order valence-electron chi connectivity index (χ2n) is 6.11. The topological polar surface area (TPSA) is 122 Å². The lowest BCUT2D eigenvalue weighted by molar-refractivity contribution is -0.119. The van der Waals surface area contributed by atoms with Gasteiger partial charge in [-0.05, 0) is 34.7 Å². The van der Waals surface area contributed by atoms with E-state index in [0.29, 0.717) is 23.5 Å². The number of rotatable bonds is 7. The highest BCUT2D eigenvalue weighted by Gasteiger charge is 2.18. The van der Waals surface area contributed by atoms with Crippen molar-refractivity contribution in [3.05, 3.63) is 48.2 Å². The Bertz CT molecular complexity index is 1150. The number of para-hydroxylation sites is 2. The number of carbonyl (C=O) groups is 1. The van der Waals surface area contributed by atoms with Crippen LogP contribution in [0.1, 0.15) is 5.69 Å². The molecule has 0 aliphatic rings. The lowest BCUT2D eigenvalue weighted by atomic mass is 10.3. The zero-order valence-corrected chi connectivity index (χ0v) is 15.8.